The maximum atomic E-state index is 12.8. The van der Waals surface area contributed by atoms with E-state index in [0.717, 1.165) is 19.3 Å². The lowest BCUT2D eigenvalue weighted by molar-refractivity contribution is -0.118. The molecule has 0 N–H and O–H groups in total. The maximum absolute atomic E-state index is 12.8. The number of halogens is 1. The minimum atomic E-state index is -0.509. The summed E-state index contributed by atoms with van der Waals surface area (Å²) in [5.74, 6) is -0.438. The molecule has 0 unspecified atom stereocenters. The van der Waals surface area contributed by atoms with E-state index in [0.29, 0.717) is 18.0 Å². The van der Waals surface area contributed by atoms with Crippen LogP contribution < -0.4 is 16.1 Å². The Bertz CT molecular complexity index is 1510. The van der Waals surface area contributed by atoms with E-state index in [4.69, 9.17) is 4.74 Å². The summed E-state index contributed by atoms with van der Waals surface area (Å²) >= 11 is 4.86. The van der Waals surface area contributed by atoms with Crippen LogP contribution in [0.4, 0.5) is 0 Å². The number of nitrogens with zero attached hydrogens (tertiary/aromatic N) is 6. The van der Waals surface area contributed by atoms with E-state index >= 15 is 0 Å². The number of methoxy groups -OCH3 is 1. The number of carbonyl (C=O) groups excluding carboxylic acids is 1. The van der Waals surface area contributed by atoms with Gasteiger partial charge in [-0.3, -0.25) is 18.7 Å². The van der Waals surface area contributed by atoms with Crippen LogP contribution >= 0.6 is 27.3 Å². The quantitative estimate of drug-likeness (QED) is 0.401. The molecule has 162 valence electrons. The fourth-order valence-corrected chi connectivity index (χ4v) is 4.96. The second-order valence-corrected chi connectivity index (χ2v) is 8.82. The van der Waals surface area contributed by atoms with Crippen molar-refractivity contribution < 1.29 is 9.53 Å². The molecule has 10 nitrogen and oxygen atoms in total. The van der Waals surface area contributed by atoms with Crippen molar-refractivity contribution in [1.29, 1.82) is 0 Å². The Morgan fingerprint density at radius 1 is 1.26 bits per heavy atom. The average Bonchev–Trinajstić information content (AvgIpc) is 3.29. The fourth-order valence-electron chi connectivity index (χ4n) is 3.34. The van der Waals surface area contributed by atoms with E-state index in [2.05, 4.69) is 25.9 Å². The van der Waals surface area contributed by atoms with Crippen LogP contribution in [0.25, 0.3) is 21.4 Å². The first-order valence-electron chi connectivity index (χ1n) is 9.28. The third-order valence-corrected chi connectivity index (χ3v) is 6.44. The van der Waals surface area contributed by atoms with Crippen molar-refractivity contribution in [2.75, 3.05) is 13.7 Å². The molecule has 4 rings (SSSR count). The second-order valence-electron chi connectivity index (χ2n) is 6.90. The number of rotatable bonds is 5. The molecular formula is C19H19BrN6O4S. The van der Waals surface area contributed by atoms with E-state index in [1.807, 2.05) is 22.8 Å². The maximum Gasteiger partial charge on any atom is 0.332 e. The van der Waals surface area contributed by atoms with Gasteiger partial charge in [0.05, 0.1) is 23.2 Å². The van der Waals surface area contributed by atoms with Gasteiger partial charge in [-0.05, 0) is 18.2 Å². The molecule has 0 aliphatic carbocycles. The van der Waals surface area contributed by atoms with Crippen LogP contribution in [-0.4, -0.2) is 42.9 Å². The third-order valence-electron chi connectivity index (χ3n) is 4.91. The Balaban J connectivity index is 1.78. The number of amides is 1. The monoisotopic (exact) mass is 506 g/mol. The number of fused-ring (bicyclic) bond motifs is 2. The molecule has 0 saturated carbocycles. The summed E-state index contributed by atoms with van der Waals surface area (Å²) in [6.45, 7) is 0.840. The normalized spacial score (nSPS) is 12.3. The van der Waals surface area contributed by atoms with Gasteiger partial charge in [0, 0.05) is 32.2 Å². The van der Waals surface area contributed by atoms with Gasteiger partial charge < -0.3 is 13.9 Å². The van der Waals surface area contributed by atoms with Crippen LogP contribution in [0.2, 0.25) is 0 Å². The van der Waals surface area contributed by atoms with Gasteiger partial charge in [-0.15, -0.1) is 0 Å². The summed E-state index contributed by atoms with van der Waals surface area (Å²) in [4.78, 5) is 46.4. The third kappa shape index (κ3) is 3.82. The molecule has 4 aromatic rings. The Kier molecular flexibility index (Phi) is 5.77. The number of ether oxygens (including phenoxy) is 1. The lowest BCUT2D eigenvalue weighted by Crippen LogP contribution is -2.37. The van der Waals surface area contributed by atoms with Gasteiger partial charge in [0.25, 0.3) is 11.5 Å². The molecule has 0 radical (unpaired) electrons. The summed E-state index contributed by atoms with van der Waals surface area (Å²) < 4.78 is 12.7. The van der Waals surface area contributed by atoms with Crippen molar-refractivity contribution in [2.45, 2.75) is 13.1 Å². The van der Waals surface area contributed by atoms with Crippen LogP contribution in [0.5, 0.6) is 0 Å². The lowest BCUT2D eigenvalue weighted by Gasteiger charge is -2.05. The summed E-state index contributed by atoms with van der Waals surface area (Å²) in [6.07, 6.45) is 1.37. The summed E-state index contributed by atoms with van der Waals surface area (Å²) in [5.41, 5.74) is 0.372. The summed E-state index contributed by atoms with van der Waals surface area (Å²) in [6, 6.07) is 5.87. The van der Waals surface area contributed by atoms with Crippen LogP contribution in [0.3, 0.4) is 0 Å². The number of carbonyl (C=O) groups is 1. The van der Waals surface area contributed by atoms with Gasteiger partial charge in [-0.1, -0.05) is 27.3 Å². The number of aromatic nitrogens is 5. The van der Waals surface area contributed by atoms with Crippen LogP contribution in [-0.2, 0) is 36.7 Å². The molecular weight excluding hydrogens is 488 g/mol. The predicted molar refractivity (Wildman–Crippen MR) is 120 cm³/mol. The predicted octanol–water partition coefficient (Wildman–Crippen LogP) is 0.986. The Hall–Kier alpha value is -2.83. The molecule has 0 bridgehead atoms. The average molecular weight is 507 g/mol. The van der Waals surface area contributed by atoms with Crippen molar-refractivity contribution in [1.82, 2.24) is 23.3 Å². The van der Waals surface area contributed by atoms with E-state index in [-0.39, 0.29) is 17.7 Å². The van der Waals surface area contributed by atoms with Gasteiger partial charge in [0.15, 0.2) is 16.0 Å². The summed E-state index contributed by atoms with van der Waals surface area (Å²) in [7, 11) is 4.54. The van der Waals surface area contributed by atoms with Crippen LogP contribution in [0.1, 0.15) is 0 Å². The Labute approximate surface area is 187 Å². The molecule has 0 spiro atoms. The molecule has 3 aromatic heterocycles. The first kappa shape index (κ1) is 21.4. The minimum absolute atomic E-state index is 0.174. The Morgan fingerprint density at radius 2 is 2.03 bits per heavy atom. The molecule has 31 heavy (non-hydrogen) atoms. The van der Waals surface area contributed by atoms with Gasteiger partial charge in [-0.25, -0.2) is 9.78 Å². The smallest absolute Gasteiger partial charge is 0.332 e. The molecule has 0 atom stereocenters. The Morgan fingerprint density at radius 3 is 2.77 bits per heavy atom. The number of benzene rings is 1. The van der Waals surface area contributed by atoms with E-state index in [1.54, 1.807) is 7.11 Å². The zero-order valence-electron chi connectivity index (χ0n) is 17.0. The van der Waals surface area contributed by atoms with Gasteiger partial charge in [0.1, 0.15) is 6.54 Å². The molecule has 1 amide bonds. The molecule has 0 aliphatic heterocycles. The van der Waals surface area contributed by atoms with Gasteiger partial charge in [0.2, 0.25) is 0 Å². The van der Waals surface area contributed by atoms with Gasteiger partial charge in [-0.2, -0.15) is 4.99 Å². The fraction of sp³-hybridized carbons (Fsp3) is 0.316. The van der Waals surface area contributed by atoms with Crippen LogP contribution in [0.15, 0.2) is 43.6 Å². The number of hydrogen-bond donors (Lipinski definition) is 0. The highest BCUT2D eigenvalue weighted by Gasteiger charge is 2.16. The molecule has 0 saturated heterocycles. The minimum Gasteiger partial charge on any atom is -0.383 e. The van der Waals surface area contributed by atoms with E-state index < -0.39 is 17.2 Å². The zero-order chi connectivity index (χ0) is 22.3. The first-order chi connectivity index (χ1) is 14.8. The zero-order valence-corrected chi connectivity index (χ0v) is 19.4. The van der Waals surface area contributed by atoms with Gasteiger partial charge >= 0.3 is 5.69 Å². The second kappa shape index (κ2) is 8.36. The number of imidazole rings is 1. The highest BCUT2D eigenvalue weighted by atomic mass is 79.9. The number of hydrogen-bond acceptors (Lipinski definition) is 6. The molecule has 12 heteroatoms. The highest BCUT2D eigenvalue weighted by Crippen LogP contribution is 2.22. The molecule has 0 fully saturated rings. The van der Waals surface area contributed by atoms with Crippen molar-refractivity contribution in [2.24, 2.45) is 19.1 Å². The van der Waals surface area contributed by atoms with E-state index in [1.165, 1.54) is 40.9 Å². The SMILES string of the molecule is COCCn1c(=NC(=O)Cn2cnc3c2c(=O)n(C)c(=O)n3C)sc2cc(Br)ccc21. The first-order valence-corrected chi connectivity index (χ1v) is 10.9. The van der Waals surface area contributed by atoms with E-state index in [9.17, 15) is 14.4 Å². The topological polar surface area (TPSA) is 105 Å². The number of thiazole rings is 1. The highest BCUT2D eigenvalue weighted by molar-refractivity contribution is 9.10. The lowest BCUT2D eigenvalue weighted by atomic mass is 10.3. The van der Waals surface area contributed by atoms with Crippen LogP contribution in [0, 0.1) is 0 Å². The standard InChI is InChI=1S/C19H19BrN6O4S/c1-23-16-15(17(28)24(2)19(23)29)25(10-21-16)9-14(27)22-18-26(6-7-30-3)12-5-4-11(20)8-13(12)31-18/h4-5,8,10H,6-7,9H2,1-3H3. The summed E-state index contributed by atoms with van der Waals surface area (Å²) in [5, 5.41) is 0. The molecule has 3 heterocycles. The van der Waals surface area contributed by atoms with Crippen molar-refractivity contribution in [3.05, 3.63) is 54.6 Å². The molecule has 0 aliphatic rings. The van der Waals surface area contributed by atoms with Crippen molar-refractivity contribution in [3.8, 4) is 0 Å². The largest absolute Gasteiger partial charge is 0.383 e. The number of aryl methyl sites for hydroxylation is 1. The van der Waals surface area contributed by atoms with Crippen molar-refractivity contribution >= 4 is 54.6 Å². The van der Waals surface area contributed by atoms with Crippen molar-refractivity contribution in [3.63, 3.8) is 0 Å². The molecule has 1 aromatic carbocycles.